The molecule has 0 saturated heterocycles. The Labute approximate surface area is 112 Å². The largest absolute Gasteiger partial charge is 0.465 e. The van der Waals surface area contributed by atoms with Gasteiger partial charge >= 0.3 is 0 Å². The van der Waals surface area contributed by atoms with Crippen molar-refractivity contribution in [3.8, 4) is 0 Å². The summed E-state index contributed by atoms with van der Waals surface area (Å²) in [5.74, 6) is 2.76. The monoisotopic (exact) mass is 252 g/mol. The van der Waals surface area contributed by atoms with Gasteiger partial charge in [-0.1, -0.05) is 13.8 Å². The second-order valence-electron chi connectivity index (χ2n) is 5.83. The molecule has 1 rings (SSSR count). The molecule has 0 aromatic carbocycles. The molecule has 1 aromatic heterocycles. The highest BCUT2D eigenvalue weighted by Crippen LogP contribution is 2.17. The van der Waals surface area contributed by atoms with Crippen LogP contribution < -0.4 is 5.32 Å². The van der Waals surface area contributed by atoms with Crippen molar-refractivity contribution in [1.82, 2.24) is 10.2 Å². The molecule has 0 aliphatic rings. The van der Waals surface area contributed by atoms with Gasteiger partial charge in [0, 0.05) is 18.2 Å². The maximum absolute atomic E-state index is 5.79. The Kier molecular flexibility index (Phi) is 5.89. The highest BCUT2D eigenvalue weighted by atomic mass is 16.3. The summed E-state index contributed by atoms with van der Waals surface area (Å²) in [4.78, 5) is 2.32. The third kappa shape index (κ3) is 4.83. The van der Waals surface area contributed by atoms with Gasteiger partial charge in [-0.25, -0.2) is 0 Å². The van der Waals surface area contributed by atoms with Crippen LogP contribution in [0.1, 0.15) is 44.8 Å². The summed E-state index contributed by atoms with van der Waals surface area (Å²) < 4.78 is 5.79. The van der Waals surface area contributed by atoms with Crippen molar-refractivity contribution in [2.75, 3.05) is 13.6 Å². The fourth-order valence-corrected chi connectivity index (χ4v) is 1.77. The molecule has 104 valence electrons. The summed E-state index contributed by atoms with van der Waals surface area (Å²) in [6.07, 6.45) is 0. The van der Waals surface area contributed by atoms with Crippen LogP contribution >= 0.6 is 0 Å². The molecule has 0 unspecified atom stereocenters. The van der Waals surface area contributed by atoms with E-state index in [-0.39, 0.29) is 0 Å². The quantitative estimate of drug-likeness (QED) is 0.808. The number of nitrogens with zero attached hydrogens (tertiary/aromatic N) is 1. The summed E-state index contributed by atoms with van der Waals surface area (Å²) >= 11 is 0. The minimum Gasteiger partial charge on any atom is -0.465 e. The summed E-state index contributed by atoms with van der Waals surface area (Å²) in [7, 11) is 2.15. The Hall–Kier alpha value is -0.800. The van der Waals surface area contributed by atoms with Crippen LogP contribution in [0.5, 0.6) is 0 Å². The number of hydrogen-bond acceptors (Lipinski definition) is 3. The van der Waals surface area contributed by atoms with E-state index in [0.29, 0.717) is 12.0 Å². The molecule has 1 N–H and O–H groups in total. The van der Waals surface area contributed by atoms with Crippen molar-refractivity contribution in [3.05, 3.63) is 23.2 Å². The molecular weight excluding hydrogens is 224 g/mol. The molecular formula is C15H28N2O. The summed E-state index contributed by atoms with van der Waals surface area (Å²) in [5, 5.41) is 3.41. The zero-order valence-electron chi connectivity index (χ0n) is 12.7. The van der Waals surface area contributed by atoms with Crippen LogP contribution in [0.2, 0.25) is 0 Å². The molecule has 0 aliphatic heterocycles. The molecule has 1 heterocycles. The minimum atomic E-state index is 0.557. The van der Waals surface area contributed by atoms with Gasteiger partial charge in [0.15, 0.2) is 0 Å². The van der Waals surface area contributed by atoms with E-state index in [4.69, 9.17) is 4.42 Å². The molecule has 0 bridgehead atoms. The molecule has 3 nitrogen and oxygen atoms in total. The van der Waals surface area contributed by atoms with Crippen LogP contribution in [-0.4, -0.2) is 24.5 Å². The Morgan fingerprint density at radius 2 is 1.94 bits per heavy atom. The average molecular weight is 252 g/mol. The molecule has 3 heteroatoms. The number of hydrogen-bond donors (Lipinski definition) is 1. The van der Waals surface area contributed by atoms with E-state index < -0.39 is 0 Å². The van der Waals surface area contributed by atoms with Gasteiger partial charge in [0.05, 0.1) is 6.54 Å². The predicted molar refractivity (Wildman–Crippen MR) is 76.6 cm³/mol. The second kappa shape index (κ2) is 6.95. The van der Waals surface area contributed by atoms with Crippen molar-refractivity contribution in [2.24, 2.45) is 5.92 Å². The third-order valence-corrected chi connectivity index (χ3v) is 3.22. The fourth-order valence-electron chi connectivity index (χ4n) is 1.77. The van der Waals surface area contributed by atoms with Gasteiger partial charge in [0.1, 0.15) is 11.5 Å². The summed E-state index contributed by atoms with van der Waals surface area (Å²) in [6, 6.07) is 2.74. The first-order chi connectivity index (χ1) is 8.40. The maximum atomic E-state index is 5.79. The third-order valence-electron chi connectivity index (χ3n) is 3.22. The zero-order chi connectivity index (χ0) is 13.7. The Morgan fingerprint density at radius 1 is 1.28 bits per heavy atom. The van der Waals surface area contributed by atoms with Gasteiger partial charge in [-0.05, 0) is 46.3 Å². The molecule has 1 aromatic rings. The molecule has 0 fully saturated rings. The number of rotatable bonds is 7. The van der Waals surface area contributed by atoms with Crippen molar-refractivity contribution in [3.63, 3.8) is 0 Å². The SMILES string of the molecule is Cc1oc(CNCC(C)C)cc1CN(C)C(C)C. The number of aryl methyl sites for hydroxylation is 1. The van der Waals surface area contributed by atoms with Gasteiger partial charge in [-0.15, -0.1) is 0 Å². The van der Waals surface area contributed by atoms with Gasteiger partial charge in [0.2, 0.25) is 0 Å². The van der Waals surface area contributed by atoms with E-state index in [9.17, 15) is 0 Å². The van der Waals surface area contributed by atoms with Crippen molar-refractivity contribution >= 4 is 0 Å². The van der Waals surface area contributed by atoms with E-state index >= 15 is 0 Å². The highest BCUT2D eigenvalue weighted by Gasteiger charge is 2.11. The van der Waals surface area contributed by atoms with E-state index in [2.05, 4.69) is 57.9 Å². The van der Waals surface area contributed by atoms with Crippen molar-refractivity contribution < 1.29 is 4.42 Å². The van der Waals surface area contributed by atoms with Gasteiger partial charge in [-0.3, -0.25) is 4.90 Å². The number of nitrogens with one attached hydrogen (secondary N) is 1. The molecule has 0 atom stereocenters. The van der Waals surface area contributed by atoms with Gasteiger partial charge < -0.3 is 9.73 Å². The molecule has 0 spiro atoms. The van der Waals surface area contributed by atoms with Crippen LogP contribution in [0.25, 0.3) is 0 Å². The van der Waals surface area contributed by atoms with Crippen molar-refractivity contribution in [1.29, 1.82) is 0 Å². The highest BCUT2D eigenvalue weighted by molar-refractivity contribution is 5.20. The Morgan fingerprint density at radius 3 is 2.50 bits per heavy atom. The Bertz CT molecular complexity index is 355. The van der Waals surface area contributed by atoms with Crippen LogP contribution in [0, 0.1) is 12.8 Å². The standard InChI is InChI=1S/C15H28N2O/c1-11(2)8-16-9-15-7-14(13(5)18-15)10-17(6)12(3)4/h7,11-12,16H,8-10H2,1-6H3. The minimum absolute atomic E-state index is 0.557. The predicted octanol–water partition coefficient (Wildman–Crippen LogP) is 3.17. The number of furan rings is 1. The van der Waals surface area contributed by atoms with Crippen LogP contribution in [-0.2, 0) is 13.1 Å². The topological polar surface area (TPSA) is 28.4 Å². The van der Waals surface area contributed by atoms with E-state index in [1.54, 1.807) is 0 Å². The average Bonchev–Trinajstić information content (AvgIpc) is 2.58. The first kappa shape index (κ1) is 15.3. The molecule has 0 amide bonds. The summed E-state index contributed by atoms with van der Waals surface area (Å²) in [5.41, 5.74) is 1.30. The fraction of sp³-hybridized carbons (Fsp3) is 0.733. The van der Waals surface area contributed by atoms with E-state index in [1.807, 2.05) is 0 Å². The van der Waals surface area contributed by atoms with E-state index in [1.165, 1.54) is 5.56 Å². The lowest BCUT2D eigenvalue weighted by atomic mass is 10.2. The van der Waals surface area contributed by atoms with Gasteiger partial charge in [-0.2, -0.15) is 0 Å². The summed E-state index contributed by atoms with van der Waals surface area (Å²) in [6.45, 7) is 13.7. The Balaban J connectivity index is 2.53. The molecule has 0 radical (unpaired) electrons. The molecule has 0 saturated carbocycles. The smallest absolute Gasteiger partial charge is 0.118 e. The van der Waals surface area contributed by atoms with Crippen LogP contribution in [0.15, 0.2) is 10.5 Å². The van der Waals surface area contributed by atoms with Gasteiger partial charge in [0.25, 0.3) is 0 Å². The lowest BCUT2D eigenvalue weighted by Gasteiger charge is -2.20. The van der Waals surface area contributed by atoms with Crippen molar-refractivity contribution in [2.45, 2.75) is 53.8 Å². The lowest BCUT2D eigenvalue weighted by Crippen LogP contribution is -2.25. The first-order valence-electron chi connectivity index (χ1n) is 6.89. The normalized spacial score (nSPS) is 12.1. The molecule has 0 aliphatic carbocycles. The maximum Gasteiger partial charge on any atom is 0.118 e. The second-order valence-corrected chi connectivity index (χ2v) is 5.83. The lowest BCUT2D eigenvalue weighted by molar-refractivity contribution is 0.264. The first-order valence-corrected chi connectivity index (χ1v) is 6.89. The molecule has 18 heavy (non-hydrogen) atoms. The van der Waals surface area contributed by atoms with E-state index in [0.717, 1.165) is 31.2 Å². The van der Waals surface area contributed by atoms with Crippen LogP contribution in [0.4, 0.5) is 0 Å². The van der Waals surface area contributed by atoms with Crippen LogP contribution in [0.3, 0.4) is 0 Å². The zero-order valence-corrected chi connectivity index (χ0v) is 12.7.